The molecule has 2 aliphatic heterocycles. The normalized spacial score (nSPS) is 47.8. The molecule has 0 amide bonds. The number of methoxy groups -OCH3 is 2. The van der Waals surface area contributed by atoms with Crippen LogP contribution >= 0.6 is 0 Å². The van der Waals surface area contributed by atoms with Crippen molar-refractivity contribution in [2.24, 2.45) is 0 Å². The van der Waals surface area contributed by atoms with Gasteiger partial charge >= 0.3 is 0 Å². The third kappa shape index (κ3) is 5.28. The Morgan fingerprint density at radius 3 is 1.56 bits per heavy atom. The smallest absolute Gasteiger partial charge is 0.186 e. The fraction of sp³-hybridized carbons (Fsp3) is 1.00. The highest BCUT2D eigenvalue weighted by Gasteiger charge is 2.43. The first-order chi connectivity index (χ1) is 11.7. The van der Waals surface area contributed by atoms with Gasteiger partial charge in [0.2, 0.25) is 0 Å². The molecule has 0 spiro atoms. The quantitative estimate of drug-likeness (QED) is 0.256. The summed E-state index contributed by atoms with van der Waals surface area (Å²) in [5, 5.41) is 64.3. The summed E-state index contributed by atoms with van der Waals surface area (Å²) in [6.07, 6.45) is -10.8. The van der Waals surface area contributed by atoms with E-state index < -0.39 is 68.0 Å². The second-order valence-corrected chi connectivity index (χ2v) is 5.85. The molecule has 2 saturated heterocycles. The molecule has 0 saturated carbocycles. The van der Waals surface area contributed by atoms with E-state index in [1.165, 1.54) is 14.2 Å². The lowest BCUT2D eigenvalue weighted by atomic mass is 9.99. The lowest BCUT2D eigenvalue weighted by molar-refractivity contribution is -0.294. The predicted octanol–water partition coefficient (Wildman–Crippen LogP) is -4.11. The summed E-state index contributed by atoms with van der Waals surface area (Å²) < 4.78 is 19.4. The predicted molar refractivity (Wildman–Crippen MR) is 80.1 cm³/mol. The number of hydrogen-bond donors (Lipinski definition) is 7. The fourth-order valence-corrected chi connectivity index (χ4v) is 2.47. The summed E-state index contributed by atoms with van der Waals surface area (Å²) in [4.78, 5) is 0. The highest BCUT2D eigenvalue weighted by atomic mass is 16.7. The molecule has 2 aliphatic rings. The van der Waals surface area contributed by atoms with E-state index in [1.54, 1.807) is 6.92 Å². The lowest BCUT2D eigenvalue weighted by Gasteiger charge is -2.38. The Morgan fingerprint density at radius 2 is 1.12 bits per heavy atom. The van der Waals surface area contributed by atoms with E-state index in [0.29, 0.717) is 0 Å². The van der Waals surface area contributed by atoms with Crippen LogP contribution in [0.2, 0.25) is 0 Å². The summed E-state index contributed by atoms with van der Waals surface area (Å²) >= 11 is 0. The highest BCUT2D eigenvalue weighted by molar-refractivity contribution is 4.88. The average molecular weight is 372 g/mol. The van der Waals surface area contributed by atoms with Gasteiger partial charge in [-0.25, -0.2) is 0 Å². The largest absolute Gasteiger partial charge is 0.394 e. The average Bonchev–Trinajstić information content (AvgIpc) is 2.62. The van der Waals surface area contributed by atoms with Crippen molar-refractivity contribution in [2.45, 2.75) is 68.3 Å². The van der Waals surface area contributed by atoms with Crippen LogP contribution in [0.5, 0.6) is 0 Å². The van der Waals surface area contributed by atoms with Crippen molar-refractivity contribution in [3.63, 3.8) is 0 Å². The zero-order valence-electron chi connectivity index (χ0n) is 14.2. The molecule has 7 N–H and O–H groups in total. The van der Waals surface area contributed by atoms with Gasteiger partial charge in [0.05, 0.1) is 12.7 Å². The molecule has 25 heavy (non-hydrogen) atoms. The van der Waals surface area contributed by atoms with E-state index in [-0.39, 0.29) is 0 Å². The summed E-state index contributed by atoms with van der Waals surface area (Å²) in [7, 11) is 2.66. The Kier molecular flexibility index (Phi) is 9.08. The van der Waals surface area contributed by atoms with Crippen molar-refractivity contribution in [3.8, 4) is 0 Å². The molecule has 10 unspecified atom stereocenters. The molecule has 2 heterocycles. The molecule has 0 aromatic rings. The third-order valence-corrected chi connectivity index (χ3v) is 4.12. The Morgan fingerprint density at radius 1 is 0.680 bits per heavy atom. The molecule has 0 aliphatic carbocycles. The van der Waals surface area contributed by atoms with Gasteiger partial charge in [-0.3, -0.25) is 0 Å². The van der Waals surface area contributed by atoms with Crippen LogP contribution in [0.15, 0.2) is 0 Å². The highest BCUT2D eigenvalue weighted by Crippen LogP contribution is 2.21. The molecule has 11 nitrogen and oxygen atoms in total. The Labute approximate surface area is 144 Å². The van der Waals surface area contributed by atoms with Gasteiger partial charge in [-0.05, 0) is 6.92 Å². The van der Waals surface area contributed by atoms with Crippen molar-refractivity contribution < 1.29 is 54.7 Å². The summed E-state index contributed by atoms with van der Waals surface area (Å²) in [5.74, 6) is 0. The molecule has 2 fully saturated rings. The van der Waals surface area contributed by atoms with Gasteiger partial charge in [-0.1, -0.05) is 0 Å². The number of aliphatic hydroxyl groups is 7. The van der Waals surface area contributed by atoms with Crippen molar-refractivity contribution in [2.75, 3.05) is 20.8 Å². The minimum Gasteiger partial charge on any atom is -0.394 e. The minimum absolute atomic E-state index is 0.440. The van der Waals surface area contributed by atoms with E-state index in [1.807, 2.05) is 0 Å². The van der Waals surface area contributed by atoms with Gasteiger partial charge in [-0.2, -0.15) is 0 Å². The maximum absolute atomic E-state index is 9.28. The van der Waals surface area contributed by atoms with E-state index >= 15 is 0 Å². The van der Waals surface area contributed by atoms with Crippen molar-refractivity contribution in [3.05, 3.63) is 0 Å². The monoisotopic (exact) mass is 372 g/mol. The summed E-state index contributed by atoms with van der Waals surface area (Å²) in [5.41, 5.74) is 0. The Hall–Kier alpha value is -0.440. The van der Waals surface area contributed by atoms with Gasteiger partial charge < -0.3 is 54.7 Å². The summed E-state index contributed by atoms with van der Waals surface area (Å²) in [6, 6.07) is 0. The molecular formula is C14H28O11. The Bertz CT molecular complexity index is 359. The van der Waals surface area contributed by atoms with Crippen LogP contribution in [0.1, 0.15) is 6.92 Å². The first-order valence-corrected chi connectivity index (χ1v) is 7.75. The summed E-state index contributed by atoms with van der Waals surface area (Å²) in [6.45, 7) is 1.16. The van der Waals surface area contributed by atoms with Crippen LogP contribution in [-0.4, -0.2) is 118 Å². The van der Waals surface area contributed by atoms with Gasteiger partial charge in [0.15, 0.2) is 12.6 Å². The Balaban J connectivity index is 0.000000251. The number of hydrogen-bond acceptors (Lipinski definition) is 11. The topological polar surface area (TPSA) is 179 Å². The number of aliphatic hydroxyl groups excluding tert-OH is 7. The molecule has 11 heteroatoms. The molecular weight excluding hydrogens is 344 g/mol. The first kappa shape index (κ1) is 22.6. The van der Waals surface area contributed by atoms with Crippen LogP contribution in [0.25, 0.3) is 0 Å². The molecule has 0 radical (unpaired) electrons. The SMILES string of the molecule is COC1OC(C)C(O)C(O)C1O.COC1OC(CO)C(O)C(O)C1O. The van der Waals surface area contributed by atoms with Crippen molar-refractivity contribution >= 4 is 0 Å². The zero-order valence-corrected chi connectivity index (χ0v) is 14.2. The molecule has 0 bridgehead atoms. The van der Waals surface area contributed by atoms with Gasteiger partial charge in [0.25, 0.3) is 0 Å². The first-order valence-electron chi connectivity index (χ1n) is 7.75. The van der Waals surface area contributed by atoms with E-state index in [0.717, 1.165) is 0 Å². The van der Waals surface area contributed by atoms with Crippen LogP contribution in [0.3, 0.4) is 0 Å². The number of ether oxygens (including phenoxy) is 4. The van der Waals surface area contributed by atoms with E-state index in [2.05, 4.69) is 0 Å². The van der Waals surface area contributed by atoms with Gasteiger partial charge in [0.1, 0.15) is 42.7 Å². The standard InChI is InChI=1S/C7H14O6.C7H14O5/c1-12-7-6(11)5(10)4(9)3(2-8)13-7;1-3-4(8)5(9)6(10)7(11-2)12-3/h3-11H,2H2,1H3;3-10H,1-2H3. The van der Waals surface area contributed by atoms with Crippen LogP contribution in [-0.2, 0) is 18.9 Å². The van der Waals surface area contributed by atoms with E-state index in [4.69, 9.17) is 24.1 Å². The molecule has 150 valence electrons. The van der Waals surface area contributed by atoms with Crippen LogP contribution in [0.4, 0.5) is 0 Å². The zero-order chi connectivity index (χ0) is 19.3. The second-order valence-electron chi connectivity index (χ2n) is 5.85. The van der Waals surface area contributed by atoms with Crippen molar-refractivity contribution in [1.29, 1.82) is 0 Å². The van der Waals surface area contributed by atoms with E-state index in [9.17, 15) is 30.6 Å². The van der Waals surface area contributed by atoms with Crippen LogP contribution in [0, 0.1) is 0 Å². The molecule has 0 aromatic heterocycles. The fourth-order valence-electron chi connectivity index (χ4n) is 2.47. The van der Waals surface area contributed by atoms with Crippen molar-refractivity contribution in [1.82, 2.24) is 0 Å². The molecule has 10 atom stereocenters. The van der Waals surface area contributed by atoms with Gasteiger partial charge in [0, 0.05) is 14.2 Å². The second kappa shape index (κ2) is 10.0. The number of rotatable bonds is 3. The minimum atomic E-state index is -1.36. The maximum atomic E-state index is 9.28. The lowest BCUT2D eigenvalue weighted by Crippen LogP contribution is -2.58. The third-order valence-electron chi connectivity index (χ3n) is 4.12. The molecule has 2 rings (SSSR count). The van der Waals surface area contributed by atoms with Crippen LogP contribution < -0.4 is 0 Å². The molecule has 0 aromatic carbocycles. The maximum Gasteiger partial charge on any atom is 0.186 e. The van der Waals surface area contributed by atoms with Gasteiger partial charge in [-0.15, -0.1) is 0 Å².